The van der Waals surface area contributed by atoms with Crippen LogP contribution in [0.4, 0.5) is 5.69 Å². The SMILES string of the molecule is NC(=O)C12CC3CC(C1)C(NC(=O)C1(N(c4ccccc4Br)S(=O)[O-])CC1)C(C3)C2. The van der Waals surface area contributed by atoms with E-state index < -0.39 is 22.2 Å². The Morgan fingerprint density at radius 2 is 1.80 bits per heavy atom. The summed E-state index contributed by atoms with van der Waals surface area (Å²) in [6.07, 6.45) is 5.33. The molecule has 5 aliphatic rings. The molecule has 1 aromatic rings. The lowest BCUT2D eigenvalue weighted by molar-refractivity contribution is -0.147. The molecule has 5 aliphatic carbocycles. The number of hydrogen-bond acceptors (Lipinski definition) is 4. The number of carbonyl (C=O) groups excluding carboxylic acids is 2. The summed E-state index contributed by atoms with van der Waals surface area (Å²) in [7, 11) is 0. The summed E-state index contributed by atoms with van der Waals surface area (Å²) in [6.45, 7) is 0. The average molecular weight is 495 g/mol. The van der Waals surface area contributed by atoms with E-state index in [0.29, 0.717) is 28.9 Å². The number of amides is 2. The van der Waals surface area contributed by atoms with E-state index in [4.69, 9.17) is 5.73 Å². The summed E-state index contributed by atoms with van der Waals surface area (Å²) < 4.78 is 26.2. The normalized spacial score (nSPS) is 36.2. The van der Waals surface area contributed by atoms with E-state index in [1.54, 1.807) is 18.2 Å². The van der Waals surface area contributed by atoms with Gasteiger partial charge in [0.25, 0.3) is 0 Å². The maximum Gasteiger partial charge on any atom is 0.247 e. The number of primary amides is 1. The molecule has 4 bridgehead atoms. The number of rotatable bonds is 6. The molecule has 0 radical (unpaired) electrons. The van der Waals surface area contributed by atoms with Crippen molar-refractivity contribution in [1.82, 2.24) is 5.32 Å². The maximum absolute atomic E-state index is 13.4. The quantitative estimate of drug-likeness (QED) is 0.590. The van der Waals surface area contributed by atoms with Crippen LogP contribution in [0.25, 0.3) is 0 Å². The highest BCUT2D eigenvalue weighted by atomic mass is 79.9. The summed E-state index contributed by atoms with van der Waals surface area (Å²) in [4.78, 5) is 25.6. The van der Waals surface area contributed by atoms with Crippen LogP contribution < -0.4 is 15.4 Å². The second-order valence-electron chi connectivity index (χ2n) is 9.61. The van der Waals surface area contributed by atoms with Crippen LogP contribution in [0, 0.1) is 23.2 Å². The van der Waals surface area contributed by atoms with Crippen LogP contribution in [-0.4, -0.2) is 32.2 Å². The van der Waals surface area contributed by atoms with Gasteiger partial charge in [-0.1, -0.05) is 12.1 Å². The van der Waals surface area contributed by atoms with E-state index in [9.17, 15) is 18.4 Å². The van der Waals surface area contributed by atoms with Crippen molar-refractivity contribution in [3.05, 3.63) is 28.7 Å². The predicted molar refractivity (Wildman–Crippen MR) is 115 cm³/mol. The highest BCUT2D eigenvalue weighted by Gasteiger charge is 2.61. The molecule has 3 unspecified atom stereocenters. The van der Waals surface area contributed by atoms with Crippen molar-refractivity contribution >= 4 is 44.7 Å². The van der Waals surface area contributed by atoms with Crippen LogP contribution >= 0.6 is 15.9 Å². The fourth-order valence-electron chi connectivity index (χ4n) is 6.56. The van der Waals surface area contributed by atoms with Crippen LogP contribution in [0.15, 0.2) is 28.7 Å². The number of para-hydroxylation sites is 1. The van der Waals surface area contributed by atoms with Crippen LogP contribution in [0.2, 0.25) is 0 Å². The van der Waals surface area contributed by atoms with Gasteiger partial charge in [0.2, 0.25) is 11.8 Å². The molecule has 162 valence electrons. The Labute approximate surface area is 186 Å². The molecule has 0 aliphatic heterocycles. The molecule has 3 atom stereocenters. The fourth-order valence-corrected chi connectivity index (χ4v) is 8.01. The lowest BCUT2D eigenvalue weighted by Crippen LogP contribution is -2.64. The van der Waals surface area contributed by atoms with Gasteiger partial charge in [-0.25, -0.2) is 0 Å². The topological polar surface area (TPSA) is 116 Å². The van der Waals surface area contributed by atoms with Gasteiger partial charge in [-0.15, -0.1) is 0 Å². The van der Waals surface area contributed by atoms with Crippen molar-refractivity contribution in [1.29, 1.82) is 0 Å². The maximum atomic E-state index is 13.4. The molecular formula is C21H25BrN3O4S-. The summed E-state index contributed by atoms with van der Waals surface area (Å²) in [5, 5.41) is 3.22. The minimum Gasteiger partial charge on any atom is -0.755 e. The fraction of sp³-hybridized carbons (Fsp3) is 0.619. The van der Waals surface area contributed by atoms with Gasteiger partial charge in [0.15, 0.2) is 0 Å². The number of benzene rings is 1. The molecule has 9 heteroatoms. The number of anilines is 1. The Kier molecular flexibility index (Phi) is 4.79. The van der Waals surface area contributed by atoms with Gasteiger partial charge in [-0.05, 0) is 90.8 Å². The van der Waals surface area contributed by atoms with E-state index in [2.05, 4.69) is 21.2 Å². The molecule has 0 spiro atoms. The Morgan fingerprint density at radius 1 is 1.17 bits per heavy atom. The predicted octanol–water partition coefficient (Wildman–Crippen LogP) is 2.38. The Balaban J connectivity index is 1.39. The minimum atomic E-state index is -2.58. The summed E-state index contributed by atoms with van der Waals surface area (Å²) in [5.74, 6) is 0.542. The third-order valence-electron chi connectivity index (χ3n) is 7.85. The third kappa shape index (κ3) is 3.04. The van der Waals surface area contributed by atoms with Gasteiger partial charge in [0.1, 0.15) is 5.54 Å². The highest BCUT2D eigenvalue weighted by molar-refractivity contribution is 9.10. The number of nitrogens with two attached hydrogens (primary N) is 1. The van der Waals surface area contributed by atoms with Gasteiger partial charge in [-0.2, -0.15) is 0 Å². The lowest BCUT2D eigenvalue weighted by Gasteiger charge is -2.59. The molecular weight excluding hydrogens is 470 g/mol. The molecule has 7 nitrogen and oxygen atoms in total. The van der Waals surface area contributed by atoms with Crippen molar-refractivity contribution in [2.45, 2.75) is 56.5 Å². The largest absolute Gasteiger partial charge is 0.755 e. The molecule has 0 saturated heterocycles. The van der Waals surface area contributed by atoms with Crippen LogP contribution in [0.1, 0.15) is 44.9 Å². The number of nitrogens with one attached hydrogen (secondary N) is 1. The smallest absolute Gasteiger partial charge is 0.247 e. The first-order valence-corrected chi connectivity index (χ1v) is 12.3. The highest BCUT2D eigenvalue weighted by Crippen LogP contribution is 2.60. The molecule has 2 amide bonds. The number of carbonyl (C=O) groups is 2. The van der Waals surface area contributed by atoms with Crippen molar-refractivity contribution in [3.63, 3.8) is 0 Å². The van der Waals surface area contributed by atoms with Crippen LogP contribution in [-0.2, 0) is 20.9 Å². The van der Waals surface area contributed by atoms with Gasteiger partial charge in [0.05, 0.1) is 5.69 Å². The molecule has 1 aromatic carbocycles. The molecule has 30 heavy (non-hydrogen) atoms. The van der Waals surface area contributed by atoms with Gasteiger partial charge < -0.3 is 15.6 Å². The number of halogens is 1. The monoisotopic (exact) mass is 494 g/mol. The van der Waals surface area contributed by atoms with E-state index in [1.165, 1.54) is 4.31 Å². The van der Waals surface area contributed by atoms with Crippen LogP contribution in [0.3, 0.4) is 0 Å². The Bertz CT molecular complexity index is 921. The zero-order valence-electron chi connectivity index (χ0n) is 16.5. The van der Waals surface area contributed by atoms with Crippen molar-refractivity contribution in [3.8, 4) is 0 Å². The lowest BCUT2D eigenvalue weighted by atomic mass is 9.47. The zero-order chi connectivity index (χ0) is 21.3. The average Bonchev–Trinajstić information content (AvgIpc) is 3.47. The Morgan fingerprint density at radius 3 is 2.33 bits per heavy atom. The van der Waals surface area contributed by atoms with E-state index >= 15 is 0 Å². The van der Waals surface area contributed by atoms with Gasteiger partial charge >= 0.3 is 0 Å². The standard InChI is InChI=1S/C21H26BrN3O4S/c22-15-3-1-2-4-16(15)25(30(28)29)21(5-6-21)19(27)24-17-13-7-12-8-14(17)11-20(9-12,10-13)18(23)26/h1-4,12-14,17H,5-11H2,(H2,23,26)(H,24,27)(H,28,29)/p-1. The van der Waals surface area contributed by atoms with E-state index in [1.807, 2.05) is 6.07 Å². The first-order chi connectivity index (χ1) is 14.3. The molecule has 3 N–H and O–H groups in total. The molecule has 5 fully saturated rings. The second kappa shape index (κ2) is 7.03. The third-order valence-corrected chi connectivity index (χ3v) is 9.36. The van der Waals surface area contributed by atoms with Crippen molar-refractivity contribution in [2.75, 3.05) is 4.31 Å². The van der Waals surface area contributed by atoms with Crippen LogP contribution in [0.5, 0.6) is 0 Å². The zero-order valence-corrected chi connectivity index (χ0v) is 18.9. The molecule has 0 heterocycles. The Hall–Kier alpha value is -1.45. The first-order valence-electron chi connectivity index (χ1n) is 10.5. The summed E-state index contributed by atoms with van der Waals surface area (Å²) >= 11 is 0.829. The summed E-state index contributed by atoms with van der Waals surface area (Å²) in [5.41, 5.74) is 4.74. The van der Waals surface area contributed by atoms with Gasteiger partial charge in [0, 0.05) is 27.2 Å². The minimum absolute atomic E-state index is 0.0137. The molecule has 6 rings (SSSR count). The number of hydrogen-bond donors (Lipinski definition) is 2. The number of nitrogens with zero attached hydrogens (tertiary/aromatic N) is 1. The van der Waals surface area contributed by atoms with Crippen molar-refractivity contribution < 1.29 is 18.4 Å². The van der Waals surface area contributed by atoms with E-state index in [-0.39, 0.29) is 29.7 Å². The van der Waals surface area contributed by atoms with E-state index in [0.717, 1.165) is 32.1 Å². The van der Waals surface area contributed by atoms with Gasteiger partial charge in [-0.3, -0.25) is 18.1 Å². The molecule has 0 aromatic heterocycles. The first kappa shape index (κ1) is 20.5. The summed E-state index contributed by atoms with van der Waals surface area (Å²) in [6, 6.07) is 7.02. The molecule has 5 saturated carbocycles. The van der Waals surface area contributed by atoms with Crippen molar-refractivity contribution in [2.24, 2.45) is 28.9 Å². The second-order valence-corrected chi connectivity index (χ2v) is 11.3.